The van der Waals surface area contributed by atoms with Gasteiger partial charge >= 0.3 is 0 Å². The molecule has 21 heavy (non-hydrogen) atoms. The fourth-order valence-corrected chi connectivity index (χ4v) is 2.68. The number of benzene rings is 2. The molecular formula is C17H19Cl2NO. The van der Waals surface area contributed by atoms with E-state index in [0.717, 1.165) is 16.6 Å². The van der Waals surface area contributed by atoms with Crippen LogP contribution >= 0.6 is 23.2 Å². The van der Waals surface area contributed by atoms with Gasteiger partial charge in [-0.15, -0.1) is 0 Å². The highest BCUT2D eigenvalue weighted by Gasteiger charge is 2.28. The van der Waals surface area contributed by atoms with Crippen molar-refractivity contribution in [1.82, 2.24) is 5.32 Å². The van der Waals surface area contributed by atoms with Gasteiger partial charge < -0.3 is 10.4 Å². The van der Waals surface area contributed by atoms with Crippen molar-refractivity contribution in [1.29, 1.82) is 0 Å². The smallest absolute Gasteiger partial charge is 0.0555 e. The largest absolute Gasteiger partial charge is 0.395 e. The first kappa shape index (κ1) is 16.3. The van der Waals surface area contributed by atoms with Crippen molar-refractivity contribution >= 4 is 23.2 Å². The maximum absolute atomic E-state index is 8.98. The summed E-state index contributed by atoms with van der Waals surface area (Å²) in [5.41, 5.74) is 2.11. The molecule has 0 aliphatic rings. The zero-order valence-corrected chi connectivity index (χ0v) is 13.5. The van der Waals surface area contributed by atoms with Crippen LogP contribution < -0.4 is 5.32 Å². The number of halogens is 2. The molecule has 0 saturated carbocycles. The van der Waals surface area contributed by atoms with Crippen LogP contribution in [0.3, 0.4) is 0 Å². The van der Waals surface area contributed by atoms with E-state index in [9.17, 15) is 0 Å². The summed E-state index contributed by atoms with van der Waals surface area (Å²) in [5.74, 6) is 0. The third-order valence-corrected chi connectivity index (χ3v) is 4.23. The van der Waals surface area contributed by atoms with Gasteiger partial charge in [-0.05, 0) is 35.4 Å². The number of aliphatic hydroxyl groups is 1. The second-order valence-corrected chi connectivity index (χ2v) is 6.12. The van der Waals surface area contributed by atoms with E-state index in [0.29, 0.717) is 6.54 Å². The van der Waals surface area contributed by atoms with Crippen LogP contribution in [0.4, 0.5) is 0 Å². The molecule has 0 amide bonds. The summed E-state index contributed by atoms with van der Waals surface area (Å²) < 4.78 is 0. The standard InChI is InChI=1S/C17H19Cl2NO/c1-17(12-20-10-11-21,13-2-6-15(18)7-3-13)14-4-8-16(19)9-5-14/h2-9,20-21H,10-12H2,1H3. The molecule has 4 heteroatoms. The molecule has 2 aromatic carbocycles. The van der Waals surface area contributed by atoms with Gasteiger partial charge in [-0.3, -0.25) is 0 Å². The Hall–Kier alpha value is -1.06. The Morgan fingerprint density at radius 3 is 1.71 bits per heavy atom. The normalized spacial score (nSPS) is 11.6. The summed E-state index contributed by atoms with van der Waals surface area (Å²) in [7, 11) is 0. The van der Waals surface area contributed by atoms with Crippen molar-refractivity contribution in [2.45, 2.75) is 12.3 Å². The van der Waals surface area contributed by atoms with Crippen molar-refractivity contribution in [3.05, 3.63) is 69.7 Å². The van der Waals surface area contributed by atoms with Gasteiger partial charge in [0.2, 0.25) is 0 Å². The fourth-order valence-electron chi connectivity index (χ4n) is 2.42. The topological polar surface area (TPSA) is 32.3 Å². The Morgan fingerprint density at radius 2 is 1.33 bits per heavy atom. The molecule has 0 unspecified atom stereocenters. The first-order valence-electron chi connectivity index (χ1n) is 6.90. The van der Waals surface area contributed by atoms with Gasteiger partial charge in [-0.25, -0.2) is 0 Å². The number of rotatable bonds is 6. The third-order valence-electron chi connectivity index (χ3n) is 3.73. The van der Waals surface area contributed by atoms with Crippen molar-refractivity contribution < 1.29 is 5.11 Å². The second kappa shape index (κ2) is 7.28. The van der Waals surface area contributed by atoms with Crippen LogP contribution in [0.5, 0.6) is 0 Å². The molecule has 0 heterocycles. The quantitative estimate of drug-likeness (QED) is 0.791. The molecule has 0 atom stereocenters. The van der Waals surface area contributed by atoms with Crippen molar-refractivity contribution in [3.8, 4) is 0 Å². The van der Waals surface area contributed by atoms with Crippen molar-refractivity contribution in [2.75, 3.05) is 19.7 Å². The molecule has 112 valence electrons. The van der Waals surface area contributed by atoms with Crippen LogP contribution in [0.15, 0.2) is 48.5 Å². The maximum atomic E-state index is 8.98. The Bertz CT molecular complexity index is 521. The maximum Gasteiger partial charge on any atom is 0.0555 e. The van der Waals surface area contributed by atoms with Gasteiger partial charge in [0, 0.05) is 28.5 Å². The molecule has 0 bridgehead atoms. The Balaban J connectivity index is 2.37. The van der Waals surface area contributed by atoms with E-state index in [4.69, 9.17) is 28.3 Å². The average molecular weight is 324 g/mol. The Morgan fingerprint density at radius 1 is 0.905 bits per heavy atom. The molecular weight excluding hydrogens is 305 g/mol. The molecule has 0 aromatic heterocycles. The molecule has 0 fully saturated rings. The average Bonchev–Trinajstić information content (AvgIpc) is 2.48. The minimum atomic E-state index is -0.218. The van der Waals surface area contributed by atoms with Crippen LogP contribution in [-0.2, 0) is 5.41 Å². The third kappa shape index (κ3) is 3.98. The van der Waals surface area contributed by atoms with E-state index >= 15 is 0 Å². The summed E-state index contributed by atoms with van der Waals surface area (Å²) in [6.07, 6.45) is 0. The zero-order chi connectivity index (χ0) is 15.3. The summed E-state index contributed by atoms with van der Waals surface area (Å²) >= 11 is 12.0. The number of nitrogens with one attached hydrogen (secondary N) is 1. The monoisotopic (exact) mass is 323 g/mol. The van der Waals surface area contributed by atoms with E-state index in [1.54, 1.807) is 0 Å². The van der Waals surface area contributed by atoms with Crippen LogP contribution in [0.25, 0.3) is 0 Å². The van der Waals surface area contributed by atoms with Crippen LogP contribution in [0, 0.1) is 0 Å². The van der Waals surface area contributed by atoms with E-state index in [2.05, 4.69) is 12.2 Å². The Labute approximate surface area is 135 Å². The second-order valence-electron chi connectivity index (χ2n) is 5.25. The SMILES string of the molecule is CC(CNCCO)(c1ccc(Cl)cc1)c1ccc(Cl)cc1. The molecule has 0 aliphatic heterocycles. The fraction of sp³-hybridized carbons (Fsp3) is 0.294. The van der Waals surface area contributed by atoms with Crippen molar-refractivity contribution in [3.63, 3.8) is 0 Å². The molecule has 2 nitrogen and oxygen atoms in total. The minimum absolute atomic E-state index is 0.122. The molecule has 0 spiro atoms. The molecule has 2 aromatic rings. The van der Waals surface area contributed by atoms with Gasteiger partial charge in [0.15, 0.2) is 0 Å². The van der Waals surface area contributed by atoms with E-state index in [1.807, 2.05) is 48.5 Å². The van der Waals surface area contributed by atoms with Gasteiger partial charge in [-0.1, -0.05) is 54.4 Å². The van der Waals surface area contributed by atoms with E-state index in [-0.39, 0.29) is 12.0 Å². The lowest BCUT2D eigenvalue weighted by Crippen LogP contribution is -2.37. The van der Waals surface area contributed by atoms with Gasteiger partial charge in [0.05, 0.1) is 6.61 Å². The van der Waals surface area contributed by atoms with Gasteiger partial charge in [0.1, 0.15) is 0 Å². The summed E-state index contributed by atoms with van der Waals surface area (Å²) in [4.78, 5) is 0. The lowest BCUT2D eigenvalue weighted by molar-refractivity contribution is 0.288. The minimum Gasteiger partial charge on any atom is -0.395 e. The van der Waals surface area contributed by atoms with Crippen molar-refractivity contribution in [2.24, 2.45) is 0 Å². The highest BCUT2D eigenvalue weighted by molar-refractivity contribution is 6.30. The molecule has 0 radical (unpaired) electrons. The molecule has 0 aliphatic carbocycles. The Kier molecular flexibility index (Phi) is 5.65. The van der Waals surface area contributed by atoms with Gasteiger partial charge in [0.25, 0.3) is 0 Å². The number of hydrogen-bond donors (Lipinski definition) is 2. The summed E-state index contributed by atoms with van der Waals surface area (Å²) in [6.45, 7) is 3.58. The van der Waals surface area contributed by atoms with E-state index < -0.39 is 0 Å². The molecule has 0 saturated heterocycles. The van der Waals surface area contributed by atoms with Crippen LogP contribution in [-0.4, -0.2) is 24.8 Å². The van der Waals surface area contributed by atoms with Crippen LogP contribution in [0.2, 0.25) is 10.0 Å². The predicted molar refractivity (Wildman–Crippen MR) is 89.3 cm³/mol. The summed E-state index contributed by atoms with van der Waals surface area (Å²) in [5, 5.41) is 13.7. The summed E-state index contributed by atoms with van der Waals surface area (Å²) in [6, 6.07) is 15.8. The zero-order valence-electron chi connectivity index (χ0n) is 11.9. The predicted octanol–water partition coefficient (Wildman–Crippen LogP) is 3.88. The first-order valence-corrected chi connectivity index (χ1v) is 7.65. The first-order chi connectivity index (χ1) is 10.1. The molecule has 2 N–H and O–H groups in total. The molecule has 2 rings (SSSR count). The lowest BCUT2D eigenvalue weighted by atomic mass is 9.76. The van der Waals surface area contributed by atoms with Crippen LogP contribution in [0.1, 0.15) is 18.1 Å². The number of aliphatic hydroxyl groups excluding tert-OH is 1. The number of hydrogen-bond acceptors (Lipinski definition) is 2. The van der Waals surface area contributed by atoms with E-state index in [1.165, 1.54) is 11.1 Å². The highest BCUT2D eigenvalue weighted by atomic mass is 35.5. The van der Waals surface area contributed by atoms with Gasteiger partial charge in [-0.2, -0.15) is 0 Å². The highest BCUT2D eigenvalue weighted by Crippen LogP contribution is 2.32. The lowest BCUT2D eigenvalue weighted by Gasteiger charge is -2.31.